The minimum absolute atomic E-state index is 0.0374. The largest absolute Gasteiger partial charge is 0.376 e. The summed E-state index contributed by atoms with van der Waals surface area (Å²) in [6, 6.07) is 14.4. The van der Waals surface area contributed by atoms with Crippen LogP contribution in [0.1, 0.15) is 46.4 Å². The highest BCUT2D eigenvalue weighted by atomic mass is 32.2. The predicted molar refractivity (Wildman–Crippen MR) is 127 cm³/mol. The van der Waals surface area contributed by atoms with Crippen LogP contribution in [0.3, 0.4) is 0 Å². The Morgan fingerprint density at radius 1 is 0.970 bits per heavy atom. The number of ether oxygens (including phenoxy) is 1. The lowest BCUT2D eigenvalue weighted by atomic mass is 10.1. The molecule has 170 valence electrons. The number of carbonyl (C=O) groups is 2. The molecule has 0 bridgehead atoms. The summed E-state index contributed by atoms with van der Waals surface area (Å²) in [6.07, 6.45) is 3.49. The van der Waals surface area contributed by atoms with Crippen LogP contribution >= 0.6 is 11.8 Å². The fourth-order valence-electron chi connectivity index (χ4n) is 4.39. The number of carbonyl (C=O) groups excluding carboxylic acids is 2. The molecular weight excluding hydrogens is 438 g/mol. The minimum atomic E-state index is -0.218. The summed E-state index contributed by atoms with van der Waals surface area (Å²) in [5.41, 5.74) is 1.62. The van der Waals surface area contributed by atoms with E-state index >= 15 is 0 Å². The molecule has 1 atom stereocenters. The molecule has 0 radical (unpaired) electrons. The van der Waals surface area contributed by atoms with E-state index in [0.29, 0.717) is 46.7 Å². The zero-order valence-corrected chi connectivity index (χ0v) is 19.1. The zero-order chi connectivity index (χ0) is 22.8. The molecule has 2 aliphatic heterocycles. The highest BCUT2D eigenvalue weighted by molar-refractivity contribution is 7.99. The van der Waals surface area contributed by atoms with E-state index in [0.717, 1.165) is 31.6 Å². The van der Waals surface area contributed by atoms with E-state index in [1.165, 1.54) is 16.7 Å². The van der Waals surface area contributed by atoms with Crippen LogP contribution in [0.5, 0.6) is 0 Å². The Bertz CT molecular complexity index is 1230. The molecule has 3 heterocycles. The van der Waals surface area contributed by atoms with Gasteiger partial charge in [0.15, 0.2) is 5.16 Å². The van der Waals surface area contributed by atoms with Gasteiger partial charge in [0, 0.05) is 18.9 Å². The van der Waals surface area contributed by atoms with Crippen LogP contribution in [0.15, 0.2) is 58.5 Å². The molecule has 1 unspecified atom stereocenters. The first kappa shape index (κ1) is 21.9. The molecule has 8 heteroatoms. The second kappa shape index (κ2) is 9.49. The summed E-state index contributed by atoms with van der Waals surface area (Å²) < 4.78 is 7.50. The van der Waals surface area contributed by atoms with Crippen molar-refractivity contribution >= 4 is 34.5 Å². The number of benzene rings is 2. The number of nitrogens with zero attached hydrogens (tertiary/aromatic N) is 3. The molecule has 5 rings (SSSR count). The van der Waals surface area contributed by atoms with E-state index in [9.17, 15) is 14.4 Å². The maximum Gasteiger partial charge on any atom is 0.262 e. The number of amides is 2. The van der Waals surface area contributed by atoms with Gasteiger partial charge in [-0.05, 0) is 49.9 Å². The lowest BCUT2D eigenvalue weighted by Crippen LogP contribution is -2.30. The second-order valence-corrected chi connectivity index (χ2v) is 9.39. The first-order chi connectivity index (χ1) is 16.1. The average molecular weight is 464 g/mol. The van der Waals surface area contributed by atoms with Crippen LogP contribution in [0.2, 0.25) is 0 Å². The summed E-state index contributed by atoms with van der Waals surface area (Å²) in [7, 11) is 0. The van der Waals surface area contributed by atoms with Gasteiger partial charge in [0.1, 0.15) is 0 Å². The van der Waals surface area contributed by atoms with Crippen LogP contribution < -0.4 is 5.56 Å². The number of thioether (sulfide) groups is 1. The maximum absolute atomic E-state index is 13.2. The Labute approximate surface area is 195 Å². The number of unbranched alkanes of at least 4 members (excludes halogenated alkanes) is 1. The number of aromatic nitrogens is 2. The van der Waals surface area contributed by atoms with Gasteiger partial charge in [0.05, 0.1) is 34.7 Å². The molecular formula is C25H25N3O4S. The highest BCUT2D eigenvalue weighted by Crippen LogP contribution is 2.24. The molecule has 1 saturated heterocycles. The number of fused-ring (bicyclic) bond motifs is 2. The van der Waals surface area contributed by atoms with Crippen molar-refractivity contribution in [2.24, 2.45) is 0 Å². The summed E-state index contributed by atoms with van der Waals surface area (Å²) in [6.45, 7) is 1.63. The Balaban J connectivity index is 1.24. The van der Waals surface area contributed by atoms with Crippen LogP contribution in [-0.4, -0.2) is 51.3 Å². The molecule has 2 aromatic carbocycles. The van der Waals surface area contributed by atoms with Crippen LogP contribution in [-0.2, 0) is 11.3 Å². The van der Waals surface area contributed by atoms with E-state index in [1.54, 1.807) is 28.8 Å². The number of para-hydroxylation sites is 1. The van der Waals surface area contributed by atoms with Gasteiger partial charge in [-0.2, -0.15) is 0 Å². The van der Waals surface area contributed by atoms with E-state index in [1.807, 2.05) is 24.3 Å². The molecule has 2 amide bonds. The molecule has 1 aromatic heterocycles. The Morgan fingerprint density at radius 2 is 1.70 bits per heavy atom. The van der Waals surface area contributed by atoms with Gasteiger partial charge in [-0.25, -0.2) is 4.98 Å². The molecule has 33 heavy (non-hydrogen) atoms. The average Bonchev–Trinajstić information content (AvgIpc) is 3.43. The lowest BCUT2D eigenvalue weighted by molar-refractivity contribution is 0.0652. The highest BCUT2D eigenvalue weighted by Gasteiger charge is 2.34. The normalized spacial score (nSPS) is 17.8. The van der Waals surface area contributed by atoms with Gasteiger partial charge in [-0.3, -0.25) is 23.9 Å². The fraction of sp³-hybridized carbons (Fsp3) is 0.360. The standard InChI is InChI=1S/C25H25N3O4S/c29-22-18-9-1-2-10-19(18)23(30)27(22)13-5-6-15-33-25-26-21-12-4-3-11-20(21)24(31)28(25)16-17-8-7-14-32-17/h1-4,9-12,17H,5-8,13-16H2. The van der Waals surface area contributed by atoms with E-state index in [2.05, 4.69) is 0 Å². The van der Waals surface area contributed by atoms with Gasteiger partial charge in [0.2, 0.25) is 0 Å². The number of hydrogen-bond acceptors (Lipinski definition) is 6. The van der Waals surface area contributed by atoms with E-state index in [4.69, 9.17) is 9.72 Å². The van der Waals surface area contributed by atoms with Crippen molar-refractivity contribution in [1.29, 1.82) is 0 Å². The molecule has 0 aliphatic carbocycles. The van der Waals surface area contributed by atoms with Gasteiger partial charge < -0.3 is 4.74 Å². The van der Waals surface area contributed by atoms with Crippen molar-refractivity contribution in [1.82, 2.24) is 14.5 Å². The van der Waals surface area contributed by atoms with Crippen LogP contribution in [0.4, 0.5) is 0 Å². The Hall–Kier alpha value is -2.97. The summed E-state index contributed by atoms with van der Waals surface area (Å²) in [4.78, 5) is 44.2. The third-order valence-corrected chi connectivity index (χ3v) is 7.18. The van der Waals surface area contributed by atoms with Crippen molar-refractivity contribution < 1.29 is 14.3 Å². The van der Waals surface area contributed by atoms with Crippen molar-refractivity contribution in [3.63, 3.8) is 0 Å². The molecule has 1 fully saturated rings. The van der Waals surface area contributed by atoms with E-state index < -0.39 is 0 Å². The minimum Gasteiger partial charge on any atom is -0.376 e. The summed E-state index contributed by atoms with van der Waals surface area (Å²) in [5, 5.41) is 1.31. The summed E-state index contributed by atoms with van der Waals surface area (Å²) >= 11 is 1.54. The lowest BCUT2D eigenvalue weighted by Gasteiger charge is -2.17. The molecule has 3 aromatic rings. The zero-order valence-electron chi connectivity index (χ0n) is 18.2. The maximum atomic E-state index is 13.2. The molecule has 0 saturated carbocycles. The number of hydrogen-bond donors (Lipinski definition) is 0. The predicted octanol–water partition coefficient (Wildman–Crippen LogP) is 3.74. The molecule has 7 nitrogen and oxygen atoms in total. The van der Waals surface area contributed by atoms with Crippen molar-refractivity contribution in [2.75, 3.05) is 18.9 Å². The first-order valence-corrected chi connectivity index (χ1v) is 12.3. The van der Waals surface area contributed by atoms with E-state index in [-0.39, 0.29) is 23.5 Å². The monoisotopic (exact) mass is 463 g/mol. The third kappa shape index (κ3) is 4.32. The van der Waals surface area contributed by atoms with Crippen LogP contribution in [0.25, 0.3) is 10.9 Å². The van der Waals surface area contributed by atoms with Crippen molar-refractivity contribution in [3.8, 4) is 0 Å². The van der Waals surface area contributed by atoms with Crippen LogP contribution in [0, 0.1) is 0 Å². The number of imide groups is 1. The van der Waals surface area contributed by atoms with Gasteiger partial charge in [-0.1, -0.05) is 36.0 Å². The molecule has 0 N–H and O–H groups in total. The summed E-state index contributed by atoms with van der Waals surface area (Å²) in [5.74, 6) is 0.300. The Kier molecular flexibility index (Phi) is 6.28. The van der Waals surface area contributed by atoms with Crippen molar-refractivity contribution in [3.05, 3.63) is 70.0 Å². The molecule has 2 aliphatic rings. The smallest absolute Gasteiger partial charge is 0.262 e. The Morgan fingerprint density at radius 3 is 2.42 bits per heavy atom. The molecule has 0 spiro atoms. The van der Waals surface area contributed by atoms with Gasteiger partial charge >= 0.3 is 0 Å². The topological polar surface area (TPSA) is 81.5 Å². The third-order valence-electron chi connectivity index (χ3n) is 6.12. The fourth-order valence-corrected chi connectivity index (χ4v) is 5.40. The second-order valence-electron chi connectivity index (χ2n) is 8.33. The quantitative estimate of drug-likeness (QED) is 0.219. The van der Waals surface area contributed by atoms with Gasteiger partial charge in [-0.15, -0.1) is 0 Å². The van der Waals surface area contributed by atoms with Crippen molar-refractivity contribution in [2.45, 2.75) is 43.5 Å². The van der Waals surface area contributed by atoms with Gasteiger partial charge in [0.25, 0.3) is 17.4 Å². The number of rotatable bonds is 8. The SMILES string of the molecule is O=C1c2ccccc2C(=O)N1CCCCSc1nc2ccccc2c(=O)n1CC1CCCO1. The first-order valence-electron chi connectivity index (χ1n) is 11.3.